The Hall–Kier alpha value is -0.720. The lowest BCUT2D eigenvalue weighted by atomic mass is 10.0. The standard InChI is InChI=1S/C17H28O5/c1-7-8-12(18)9-10-13-15(22-17(5,6)20-13)14-11(2)19-16(3,4)21-14/h7,9-15,18H,1,8H2,2-6H3/b10-9+/t11-,12+,13+,14+,15-/m0/s1. The van der Waals surface area contributed by atoms with Crippen LogP contribution in [-0.2, 0) is 18.9 Å². The van der Waals surface area contributed by atoms with Crippen LogP contribution in [0.1, 0.15) is 41.0 Å². The highest BCUT2D eigenvalue weighted by Crippen LogP contribution is 2.38. The highest BCUT2D eigenvalue weighted by atomic mass is 16.8. The highest BCUT2D eigenvalue weighted by molar-refractivity contribution is 5.05. The van der Waals surface area contributed by atoms with Gasteiger partial charge in [-0.2, -0.15) is 0 Å². The average Bonchev–Trinajstić information content (AvgIpc) is 2.82. The van der Waals surface area contributed by atoms with Crippen LogP contribution in [-0.4, -0.2) is 47.2 Å². The minimum Gasteiger partial charge on any atom is -0.389 e. The third-order valence-corrected chi connectivity index (χ3v) is 3.77. The Morgan fingerprint density at radius 2 is 1.64 bits per heavy atom. The Labute approximate surface area is 132 Å². The molecule has 0 aliphatic carbocycles. The zero-order valence-electron chi connectivity index (χ0n) is 14.1. The molecular formula is C17H28O5. The van der Waals surface area contributed by atoms with Gasteiger partial charge in [0.15, 0.2) is 11.6 Å². The van der Waals surface area contributed by atoms with Crippen molar-refractivity contribution in [3.05, 3.63) is 24.8 Å². The highest BCUT2D eigenvalue weighted by Gasteiger charge is 2.51. The molecule has 5 atom stereocenters. The second-order valence-electron chi connectivity index (χ2n) is 6.85. The molecule has 2 aliphatic heterocycles. The Morgan fingerprint density at radius 3 is 2.18 bits per heavy atom. The number of aliphatic hydroxyl groups is 1. The van der Waals surface area contributed by atoms with Crippen LogP contribution in [0.4, 0.5) is 0 Å². The molecule has 22 heavy (non-hydrogen) atoms. The van der Waals surface area contributed by atoms with E-state index in [0.29, 0.717) is 6.42 Å². The molecule has 2 aliphatic rings. The largest absolute Gasteiger partial charge is 0.389 e. The minimum absolute atomic E-state index is 0.0912. The Bertz CT molecular complexity index is 429. The predicted molar refractivity (Wildman–Crippen MR) is 83.3 cm³/mol. The van der Waals surface area contributed by atoms with E-state index in [2.05, 4.69) is 6.58 Å². The first-order chi connectivity index (χ1) is 10.1. The molecule has 1 N–H and O–H groups in total. The smallest absolute Gasteiger partial charge is 0.164 e. The quantitative estimate of drug-likeness (QED) is 0.791. The van der Waals surface area contributed by atoms with Gasteiger partial charge >= 0.3 is 0 Å². The van der Waals surface area contributed by atoms with Crippen LogP contribution >= 0.6 is 0 Å². The first kappa shape index (κ1) is 17.6. The minimum atomic E-state index is -0.696. The number of hydrogen-bond acceptors (Lipinski definition) is 5. The van der Waals surface area contributed by atoms with E-state index in [4.69, 9.17) is 18.9 Å². The van der Waals surface area contributed by atoms with E-state index in [1.54, 1.807) is 12.2 Å². The molecule has 0 bridgehead atoms. The van der Waals surface area contributed by atoms with E-state index in [-0.39, 0.29) is 24.4 Å². The lowest BCUT2D eigenvalue weighted by Gasteiger charge is -2.24. The molecule has 2 rings (SSSR count). The summed E-state index contributed by atoms with van der Waals surface area (Å²) in [6.45, 7) is 13.1. The van der Waals surface area contributed by atoms with Gasteiger partial charge < -0.3 is 24.1 Å². The molecule has 0 unspecified atom stereocenters. The molecule has 126 valence electrons. The Kier molecular flexibility index (Phi) is 5.14. The van der Waals surface area contributed by atoms with Gasteiger partial charge in [-0.1, -0.05) is 18.2 Å². The zero-order valence-corrected chi connectivity index (χ0v) is 14.1. The van der Waals surface area contributed by atoms with E-state index >= 15 is 0 Å². The molecule has 0 aromatic heterocycles. The third-order valence-electron chi connectivity index (χ3n) is 3.77. The van der Waals surface area contributed by atoms with Gasteiger partial charge in [0.05, 0.1) is 12.2 Å². The van der Waals surface area contributed by atoms with Gasteiger partial charge in [0.1, 0.15) is 18.3 Å². The maximum atomic E-state index is 9.82. The van der Waals surface area contributed by atoms with Crippen LogP contribution in [0.15, 0.2) is 24.8 Å². The number of rotatable bonds is 5. The Balaban J connectivity index is 2.12. The summed E-state index contributed by atoms with van der Waals surface area (Å²) in [4.78, 5) is 0. The van der Waals surface area contributed by atoms with Crippen molar-refractivity contribution in [3.8, 4) is 0 Å². The molecule has 5 nitrogen and oxygen atoms in total. The van der Waals surface area contributed by atoms with Crippen molar-refractivity contribution >= 4 is 0 Å². The lowest BCUT2D eigenvalue weighted by molar-refractivity contribution is -0.174. The molecule has 5 heteroatoms. The van der Waals surface area contributed by atoms with Crippen LogP contribution in [0.3, 0.4) is 0 Å². The van der Waals surface area contributed by atoms with E-state index in [0.717, 1.165) is 0 Å². The first-order valence-electron chi connectivity index (χ1n) is 7.82. The van der Waals surface area contributed by atoms with E-state index in [1.165, 1.54) is 0 Å². The van der Waals surface area contributed by atoms with Crippen molar-refractivity contribution in [2.75, 3.05) is 0 Å². The van der Waals surface area contributed by atoms with E-state index in [1.807, 2.05) is 40.7 Å². The maximum absolute atomic E-state index is 9.82. The fourth-order valence-corrected chi connectivity index (χ4v) is 3.01. The SMILES string of the molecule is C=CC[C@@H](O)/C=C/[C@H]1OC(C)(C)O[C@@H]1[C@@H]1OC(C)(C)O[C@H]1C. The molecule has 0 aromatic rings. The fraction of sp³-hybridized carbons (Fsp3) is 0.765. The summed E-state index contributed by atoms with van der Waals surface area (Å²) in [6, 6.07) is 0. The summed E-state index contributed by atoms with van der Waals surface area (Å²) in [5.74, 6) is -1.32. The molecule has 2 fully saturated rings. The van der Waals surface area contributed by atoms with Crippen LogP contribution in [0.2, 0.25) is 0 Å². The molecule has 2 heterocycles. The van der Waals surface area contributed by atoms with Crippen LogP contribution < -0.4 is 0 Å². The second kappa shape index (κ2) is 6.42. The van der Waals surface area contributed by atoms with E-state index in [9.17, 15) is 5.11 Å². The van der Waals surface area contributed by atoms with Crippen LogP contribution in [0.5, 0.6) is 0 Å². The summed E-state index contributed by atoms with van der Waals surface area (Å²) in [5.41, 5.74) is 0. The van der Waals surface area contributed by atoms with Gasteiger partial charge in [0.25, 0.3) is 0 Å². The van der Waals surface area contributed by atoms with Crippen molar-refractivity contribution in [2.24, 2.45) is 0 Å². The number of aliphatic hydroxyl groups excluding tert-OH is 1. The van der Waals surface area contributed by atoms with Gasteiger partial charge in [0, 0.05) is 0 Å². The van der Waals surface area contributed by atoms with Gasteiger partial charge in [-0.05, 0) is 41.0 Å². The predicted octanol–water partition coefficient (Wildman–Crippen LogP) is 2.54. The van der Waals surface area contributed by atoms with Crippen molar-refractivity contribution in [1.29, 1.82) is 0 Å². The summed E-state index contributed by atoms with van der Waals surface area (Å²) in [7, 11) is 0. The summed E-state index contributed by atoms with van der Waals surface area (Å²) in [5, 5.41) is 9.82. The van der Waals surface area contributed by atoms with Crippen molar-refractivity contribution in [2.45, 2.75) is 83.1 Å². The van der Waals surface area contributed by atoms with Crippen LogP contribution in [0, 0.1) is 0 Å². The number of ether oxygens (including phenoxy) is 4. The second-order valence-corrected chi connectivity index (χ2v) is 6.85. The zero-order chi connectivity index (χ0) is 16.5. The van der Waals surface area contributed by atoms with Crippen molar-refractivity contribution in [3.63, 3.8) is 0 Å². The van der Waals surface area contributed by atoms with Crippen molar-refractivity contribution < 1.29 is 24.1 Å². The summed E-state index contributed by atoms with van der Waals surface area (Å²) in [6.07, 6.45) is 4.30. The van der Waals surface area contributed by atoms with Crippen molar-refractivity contribution in [1.82, 2.24) is 0 Å². The van der Waals surface area contributed by atoms with E-state index < -0.39 is 17.7 Å². The summed E-state index contributed by atoms with van der Waals surface area (Å²) >= 11 is 0. The average molecular weight is 312 g/mol. The monoisotopic (exact) mass is 312 g/mol. The normalized spacial score (nSPS) is 38.5. The lowest BCUT2D eigenvalue weighted by Crippen LogP contribution is -2.40. The summed E-state index contributed by atoms with van der Waals surface area (Å²) < 4.78 is 23.8. The molecular weight excluding hydrogens is 284 g/mol. The molecule has 2 saturated heterocycles. The van der Waals surface area contributed by atoms with Crippen LogP contribution in [0.25, 0.3) is 0 Å². The number of hydrogen-bond donors (Lipinski definition) is 1. The van der Waals surface area contributed by atoms with Gasteiger partial charge in [-0.15, -0.1) is 6.58 Å². The first-order valence-corrected chi connectivity index (χ1v) is 7.82. The van der Waals surface area contributed by atoms with Gasteiger partial charge in [0.2, 0.25) is 0 Å². The fourth-order valence-electron chi connectivity index (χ4n) is 3.01. The topological polar surface area (TPSA) is 57.2 Å². The molecule has 0 amide bonds. The van der Waals surface area contributed by atoms with Gasteiger partial charge in [-0.3, -0.25) is 0 Å². The third kappa shape index (κ3) is 4.18. The maximum Gasteiger partial charge on any atom is 0.164 e. The Morgan fingerprint density at radius 1 is 1.05 bits per heavy atom. The molecule has 0 aromatic carbocycles. The van der Waals surface area contributed by atoms with Gasteiger partial charge in [-0.25, -0.2) is 0 Å². The molecule has 0 radical (unpaired) electrons. The molecule has 0 spiro atoms. The molecule has 0 saturated carbocycles.